The Labute approximate surface area is 119 Å². The van der Waals surface area contributed by atoms with E-state index in [1.54, 1.807) is 24.3 Å². The fraction of sp³-hybridized carbons (Fsp3) is 0.467. The molecule has 1 aliphatic rings. The molecule has 1 heterocycles. The van der Waals surface area contributed by atoms with Crippen LogP contribution in [0, 0.1) is 0 Å². The number of urea groups is 1. The van der Waals surface area contributed by atoms with Crippen molar-refractivity contribution in [2.45, 2.75) is 25.8 Å². The van der Waals surface area contributed by atoms with E-state index in [-0.39, 0.29) is 17.9 Å². The van der Waals surface area contributed by atoms with Crippen LogP contribution in [0.1, 0.15) is 30.1 Å². The molecular formula is C15H21N3O2. The van der Waals surface area contributed by atoms with Gasteiger partial charge in [-0.25, -0.2) is 4.79 Å². The van der Waals surface area contributed by atoms with Crippen molar-refractivity contribution in [3.63, 3.8) is 0 Å². The monoisotopic (exact) mass is 275 g/mol. The summed E-state index contributed by atoms with van der Waals surface area (Å²) in [5, 5.41) is 5.75. The van der Waals surface area contributed by atoms with Crippen molar-refractivity contribution in [1.29, 1.82) is 0 Å². The number of carbonyl (C=O) groups is 2. The summed E-state index contributed by atoms with van der Waals surface area (Å²) in [7, 11) is 2.09. The zero-order valence-electron chi connectivity index (χ0n) is 12.0. The maximum absolute atomic E-state index is 11.9. The maximum atomic E-state index is 11.9. The number of piperidine rings is 1. The van der Waals surface area contributed by atoms with Gasteiger partial charge in [0, 0.05) is 17.3 Å². The smallest absolute Gasteiger partial charge is 0.319 e. The number of hydrogen-bond acceptors (Lipinski definition) is 3. The molecule has 1 aromatic rings. The molecule has 108 valence electrons. The lowest BCUT2D eigenvalue weighted by molar-refractivity contribution is 0.101. The number of ketones is 1. The summed E-state index contributed by atoms with van der Waals surface area (Å²) in [6, 6.07) is 6.99. The molecule has 0 atom stereocenters. The summed E-state index contributed by atoms with van der Waals surface area (Å²) >= 11 is 0. The average molecular weight is 275 g/mol. The Morgan fingerprint density at radius 2 is 1.95 bits per heavy atom. The van der Waals surface area contributed by atoms with Gasteiger partial charge in [0.1, 0.15) is 0 Å². The highest BCUT2D eigenvalue weighted by Crippen LogP contribution is 2.12. The lowest BCUT2D eigenvalue weighted by atomic mass is 10.1. The summed E-state index contributed by atoms with van der Waals surface area (Å²) in [6.07, 6.45) is 1.94. The van der Waals surface area contributed by atoms with E-state index in [0.717, 1.165) is 25.9 Å². The Morgan fingerprint density at radius 1 is 1.25 bits per heavy atom. The predicted molar refractivity (Wildman–Crippen MR) is 79.1 cm³/mol. The van der Waals surface area contributed by atoms with Gasteiger partial charge in [0.2, 0.25) is 0 Å². The first-order valence-corrected chi connectivity index (χ1v) is 6.91. The standard InChI is InChI=1S/C15H21N3O2/c1-11(19)12-4-3-5-14(10-12)17-15(20)16-13-6-8-18(2)9-7-13/h3-5,10,13H,6-9H2,1-2H3,(H2,16,17,20). The fourth-order valence-electron chi connectivity index (χ4n) is 2.32. The minimum absolute atomic E-state index is 0.00984. The second-order valence-electron chi connectivity index (χ2n) is 5.31. The molecule has 2 N–H and O–H groups in total. The van der Waals surface area contributed by atoms with Crippen LogP contribution in [0.25, 0.3) is 0 Å². The molecule has 2 amide bonds. The van der Waals surface area contributed by atoms with Crippen LogP contribution < -0.4 is 10.6 Å². The van der Waals surface area contributed by atoms with Crippen molar-refractivity contribution in [3.8, 4) is 0 Å². The van der Waals surface area contributed by atoms with Crippen LogP contribution >= 0.6 is 0 Å². The van der Waals surface area contributed by atoms with Crippen LogP contribution in [0.5, 0.6) is 0 Å². The molecule has 0 unspecified atom stereocenters. The summed E-state index contributed by atoms with van der Waals surface area (Å²) in [4.78, 5) is 25.5. The van der Waals surface area contributed by atoms with Gasteiger partial charge < -0.3 is 15.5 Å². The second-order valence-corrected chi connectivity index (χ2v) is 5.31. The molecule has 0 radical (unpaired) electrons. The van der Waals surface area contributed by atoms with E-state index in [0.29, 0.717) is 11.3 Å². The number of carbonyl (C=O) groups excluding carboxylic acids is 2. The quantitative estimate of drug-likeness (QED) is 0.830. The van der Waals surface area contributed by atoms with E-state index in [1.165, 1.54) is 6.92 Å². The van der Waals surface area contributed by atoms with Crippen molar-refractivity contribution >= 4 is 17.5 Å². The third-order valence-electron chi connectivity index (χ3n) is 3.58. The first-order valence-electron chi connectivity index (χ1n) is 6.91. The topological polar surface area (TPSA) is 61.4 Å². The van der Waals surface area contributed by atoms with Crippen molar-refractivity contribution in [2.75, 3.05) is 25.5 Å². The van der Waals surface area contributed by atoms with Crippen molar-refractivity contribution in [2.24, 2.45) is 0 Å². The zero-order valence-corrected chi connectivity index (χ0v) is 12.0. The summed E-state index contributed by atoms with van der Waals surface area (Å²) in [6.45, 7) is 3.52. The van der Waals surface area contributed by atoms with Crippen LogP contribution in [-0.2, 0) is 0 Å². The van der Waals surface area contributed by atoms with E-state index >= 15 is 0 Å². The highest BCUT2D eigenvalue weighted by atomic mass is 16.2. The maximum Gasteiger partial charge on any atom is 0.319 e. The first-order chi connectivity index (χ1) is 9.54. The third kappa shape index (κ3) is 4.06. The zero-order chi connectivity index (χ0) is 14.5. The molecule has 1 aliphatic heterocycles. The SMILES string of the molecule is CC(=O)c1cccc(NC(=O)NC2CCN(C)CC2)c1. The van der Waals surface area contributed by atoms with Crippen LogP contribution in [0.2, 0.25) is 0 Å². The number of nitrogens with one attached hydrogen (secondary N) is 2. The summed E-state index contributed by atoms with van der Waals surface area (Å²) in [5.74, 6) is -0.00984. The minimum atomic E-state index is -0.208. The van der Waals surface area contributed by atoms with Crippen LogP contribution in [-0.4, -0.2) is 42.9 Å². The van der Waals surface area contributed by atoms with Gasteiger partial charge in [-0.05, 0) is 52.0 Å². The molecule has 5 nitrogen and oxygen atoms in total. The molecule has 0 saturated carbocycles. The summed E-state index contributed by atoms with van der Waals surface area (Å²) in [5.41, 5.74) is 1.24. The van der Waals surface area contributed by atoms with Crippen molar-refractivity contribution in [1.82, 2.24) is 10.2 Å². The van der Waals surface area contributed by atoms with Gasteiger partial charge in [-0.3, -0.25) is 4.79 Å². The highest BCUT2D eigenvalue weighted by Gasteiger charge is 2.18. The van der Waals surface area contributed by atoms with E-state index in [1.807, 2.05) is 0 Å². The normalized spacial score (nSPS) is 16.7. The lowest BCUT2D eigenvalue weighted by Crippen LogP contribution is -2.44. The molecule has 0 spiro atoms. The molecule has 5 heteroatoms. The Hall–Kier alpha value is -1.88. The number of benzene rings is 1. The Bertz CT molecular complexity index is 494. The molecule has 0 bridgehead atoms. The van der Waals surface area contributed by atoms with Gasteiger partial charge in [-0.15, -0.1) is 0 Å². The number of rotatable bonds is 3. The van der Waals surface area contributed by atoms with Crippen LogP contribution in [0.3, 0.4) is 0 Å². The number of likely N-dealkylation sites (tertiary alicyclic amines) is 1. The van der Waals surface area contributed by atoms with Gasteiger partial charge in [0.25, 0.3) is 0 Å². The fourth-order valence-corrected chi connectivity index (χ4v) is 2.32. The minimum Gasteiger partial charge on any atom is -0.335 e. The highest BCUT2D eigenvalue weighted by molar-refractivity contribution is 5.96. The van der Waals surface area contributed by atoms with E-state index < -0.39 is 0 Å². The van der Waals surface area contributed by atoms with E-state index in [2.05, 4.69) is 22.6 Å². The molecule has 2 rings (SSSR count). The first kappa shape index (κ1) is 14.5. The molecule has 0 aromatic heterocycles. The number of Topliss-reactive ketones (excluding diaryl/α,β-unsaturated/α-hetero) is 1. The third-order valence-corrected chi connectivity index (χ3v) is 3.58. The van der Waals surface area contributed by atoms with Crippen molar-refractivity contribution < 1.29 is 9.59 Å². The number of anilines is 1. The van der Waals surface area contributed by atoms with Gasteiger partial charge in [-0.2, -0.15) is 0 Å². The average Bonchev–Trinajstić information content (AvgIpc) is 2.41. The Morgan fingerprint density at radius 3 is 2.60 bits per heavy atom. The number of nitrogens with zero attached hydrogens (tertiary/aromatic N) is 1. The summed E-state index contributed by atoms with van der Waals surface area (Å²) < 4.78 is 0. The van der Waals surface area contributed by atoms with Crippen LogP contribution in [0.15, 0.2) is 24.3 Å². The molecular weight excluding hydrogens is 254 g/mol. The number of hydrogen-bond donors (Lipinski definition) is 2. The van der Waals surface area contributed by atoms with Crippen molar-refractivity contribution in [3.05, 3.63) is 29.8 Å². The van der Waals surface area contributed by atoms with E-state index in [4.69, 9.17) is 0 Å². The van der Waals surface area contributed by atoms with Gasteiger partial charge >= 0.3 is 6.03 Å². The molecule has 0 aliphatic carbocycles. The van der Waals surface area contributed by atoms with Gasteiger partial charge in [0.05, 0.1) is 0 Å². The Balaban J connectivity index is 1.88. The van der Waals surface area contributed by atoms with E-state index in [9.17, 15) is 9.59 Å². The lowest BCUT2D eigenvalue weighted by Gasteiger charge is -2.29. The van der Waals surface area contributed by atoms with Gasteiger partial charge in [-0.1, -0.05) is 12.1 Å². The largest absolute Gasteiger partial charge is 0.335 e. The molecule has 1 saturated heterocycles. The second kappa shape index (κ2) is 6.52. The molecule has 1 fully saturated rings. The Kier molecular flexibility index (Phi) is 4.74. The molecule has 1 aromatic carbocycles. The van der Waals surface area contributed by atoms with Gasteiger partial charge in [0.15, 0.2) is 5.78 Å². The predicted octanol–water partition coefficient (Wildman–Crippen LogP) is 2.10. The number of amides is 2. The van der Waals surface area contributed by atoms with Crippen LogP contribution in [0.4, 0.5) is 10.5 Å². The molecule has 20 heavy (non-hydrogen) atoms.